The van der Waals surface area contributed by atoms with E-state index in [9.17, 15) is 5.11 Å². The largest absolute Gasteiger partial charge is 0.497 e. The van der Waals surface area contributed by atoms with Crippen LogP contribution in [-0.2, 0) is 0 Å². The van der Waals surface area contributed by atoms with Crippen LogP contribution >= 0.6 is 0 Å². The predicted octanol–water partition coefficient (Wildman–Crippen LogP) is 3.25. The number of ether oxygens (including phenoxy) is 2. The molecule has 1 aliphatic rings. The van der Waals surface area contributed by atoms with E-state index in [2.05, 4.69) is 4.90 Å². The van der Waals surface area contributed by atoms with Gasteiger partial charge < -0.3 is 14.6 Å². The molecule has 1 atom stereocenters. The standard InChI is InChI=1S/C20H25NO3/c1-23-19-6-4-5-17(15-19)20(22)16-7-9-18(10-8-16)24-14-13-21-11-2-3-12-21/h4-10,15,20,22H,2-3,11-14H2,1H3. The number of nitrogens with zero attached hydrogens (tertiary/aromatic N) is 1. The van der Waals surface area contributed by atoms with Crippen LogP contribution in [0.25, 0.3) is 0 Å². The third-order valence-electron chi connectivity index (χ3n) is 4.48. The summed E-state index contributed by atoms with van der Waals surface area (Å²) in [6.45, 7) is 4.07. The Balaban J connectivity index is 1.56. The molecule has 1 saturated heterocycles. The summed E-state index contributed by atoms with van der Waals surface area (Å²) in [4.78, 5) is 2.43. The summed E-state index contributed by atoms with van der Waals surface area (Å²) in [5, 5.41) is 10.5. The normalized spacial score (nSPS) is 16.1. The van der Waals surface area contributed by atoms with Crippen LogP contribution in [0.4, 0.5) is 0 Å². The highest BCUT2D eigenvalue weighted by atomic mass is 16.5. The van der Waals surface area contributed by atoms with Gasteiger partial charge in [0.15, 0.2) is 0 Å². The van der Waals surface area contributed by atoms with Crippen molar-refractivity contribution in [2.24, 2.45) is 0 Å². The number of rotatable bonds is 7. The minimum Gasteiger partial charge on any atom is -0.497 e. The van der Waals surface area contributed by atoms with Gasteiger partial charge in [0.25, 0.3) is 0 Å². The minimum absolute atomic E-state index is 0.668. The van der Waals surface area contributed by atoms with Crippen molar-refractivity contribution in [1.82, 2.24) is 4.90 Å². The third-order valence-corrected chi connectivity index (χ3v) is 4.48. The quantitative estimate of drug-likeness (QED) is 0.848. The molecule has 128 valence electrons. The molecule has 1 unspecified atom stereocenters. The van der Waals surface area contributed by atoms with Crippen LogP contribution < -0.4 is 9.47 Å². The van der Waals surface area contributed by atoms with Crippen molar-refractivity contribution in [2.75, 3.05) is 33.4 Å². The first kappa shape index (κ1) is 16.8. The molecule has 0 aromatic heterocycles. The van der Waals surface area contributed by atoms with Gasteiger partial charge in [-0.25, -0.2) is 0 Å². The zero-order chi connectivity index (χ0) is 16.8. The number of aliphatic hydroxyl groups excluding tert-OH is 1. The van der Waals surface area contributed by atoms with Crippen molar-refractivity contribution in [2.45, 2.75) is 18.9 Å². The molecule has 24 heavy (non-hydrogen) atoms. The van der Waals surface area contributed by atoms with Crippen LogP contribution in [0.15, 0.2) is 48.5 Å². The second kappa shape index (κ2) is 8.18. The molecule has 0 amide bonds. The fraction of sp³-hybridized carbons (Fsp3) is 0.400. The Bertz CT molecular complexity index is 636. The van der Waals surface area contributed by atoms with Crippen molar-refractivity contribution < 1.29 is 14.6 Å². The topological polar surface area (TPSA) is 41.9 Å². The summed E-state index contributed by atoms with van der Waals surface area (Å²) < 4.78 is 11.0. The molecule has 4 nitrogen and oxygen atoms in total. The maximum atomic E-state index is 10.5. The summed E-state index contributed by atoms with van der Waals surface area (Å²) in [7, 11) is 1.62. The van der Waals surface area contributed by atoms with Crippen molar-refractivity contribution in [3.63, 3.8) is 0 Å². The lowest BCUT2D eigenvalue weighted by Crippen LogP contribution is -2.25. The Morgan fingerprint density at radius 2 is 1.75 bits per heavy atom. The summed E-state index contributed by atoms with van der Waals surface area (Å²) in [6.07, 6.45) is 1.94. The maximum absolute atomic E-state index is 10.5. The number of likely N-dealkylation sites (tertiary alicyclic amines) is 1. The Morgan fingerprint density at radius 3 is 2.46 bits per heavy atom. The van der Waals surface area contributed by atoms with Gasteiger partial charge in [0, 0.05) is 6.54 Å². The number of aliphatic hydroxyl groups is 1. The molecule has 1 heterocycles. The van der Waals surface area contributed by atoms with Crippen LogP contribution in [0.2, 0.25) is 0 Å². The van der Waals surface area contributed by atoms with Gasteiger partial charge in [-0.05, 0) is 61.3 Å². The van der Waals surface area contributed by atoms with Crippen LogP contribution in [0, 0.1) is 0 Å². The molecule has 1 fully saturated rings. The zero-order valence-corrected chi connectivity index (χ0v) is 14.1. The first-order valence-electron chi connectivity index (χ1n) is 8.53. The summed E-state index contributed by atoms with van der Waals surface area (Å²) in [5.41, 5.74) is 1.66. The summed E-state index contributed by atoms with van der Waals surface area (Å²) in [5.74, 6) is 1.59. The molecule has 2 aromatic carbocycles. The van der Waals surface area contributed by atoms with E-state index in [0.29, 0.717) is 6.61 Å². The first-order chi connectivity index (χ1) is 11.8. The molecule has 0 spiro atoms. The Morgan fingerprint density at radius 1 is 1.00 bits per heavy atom. The van der Waals surface area contributed by atoms with Gasteiger partial charge in [-0.15, -0.1) is 0 Å². The summed E-state index contributed by atoms with van der Waals surface area (Å²) >= 11 is 0. The highest BCUT2D eigenvalue weighted by Gasteiger charge is 2.12. The average molecular weight is 327 g/mol. The van der Waals surface area contributed by atoms with Crippen LogP contribution in [0.3, 0.4) is 0 Å². The molecule has 2 aromatic rings. The van der Waals surface area contributed by atoms with Crippen LogP contribution in [-0.4, -0.2) is 43.4 Å². The molecule has 1 N–H and O–H groups in total. The lowest BCUT2D eigenvalue weighted by atomic mass is 10.0. The first-order valence-corrected chi connectivity index (χ1v) is 8.53. The molecule has 0 bridgehead atoms. The number of benzene rings is 2. The predicted molar refractivity (Wildman–Crippen MR) is 94.7 cm³/mol. The van der Waals surface area contributed by atoms with Gasteiger partial charge in [0.2, 0.25) is 0 Å². The van der Waals surface area contributed by atoms with Crippen molar-refractivity contribution in [3.05, 3.63) is 59.7 Å². The second-order valence-corrected chi connectivity index (χ2v) is 6.15. The fourth-order valence-corrected chi connectivity index (χ4v) is 3.05. The Hall–Kier alpha value is -2.04. The number of methoxy groups -OCH3 is 1. The van der Waals surface area contributed by atoms with Crippen molar-refractivity contribution in [3.8, 4) is 11.5 Å². The van der Waals surface area contributed by atoms with Crippen molar-refractivity contribution in [1.29, 1.82) is 0 Å². The van der Waals surface area contributed by atoms with Gasteiger partial charge in [-0.1, -0.05) is 24.3 Å². The minimum atomic E-state index is -0.668. The van der Waals surface area contributed by atoms with Crippen molar-refractivity contribution >= 4 is 0 Å². The Kier molecular flexibility index (Phi) is 5.72. The molecule has 1 aliphatic heterocycles. The molecule has 0 radical (unpaired) electrons. The lowest BCUT2D eigenvalue weighted by Gasteiger charge is -2.16. The molecule has 4 heteroatoms. The zero-order valence-electron chi connectivity index (χ0n) is 14.1. The van der Waals surface area contributed by atoms with Gasteiger partial charge >= 0.3 is 0 Å². The van der Waals surface area contributed by atoms with E-state index in [4.69, 9.17) is 9.47 Å². The van der Waals surface area contributed by atoms with Crippen LogP contribution in [0.5, 0.6) is 11.5 Å². The third kappa shape index (κ3) is 4.28. The van der Waals surface area contributed by atoms with Gasteiger partial charge in [0.05, 0.1) is 7.11 Å². The molecular weight excluding hydrogens is 302 g/mol. The second-order valence-electron chi connectivity index (χ2n) is 6.15. The number of hydrogen-bond donors (Lipinski definition) is 1. The monoisotopic (exact) mass is 327 g/mol. The van der Waals surface area contributed by atoms with E-state index < -0.39 is 6.10 Å². The molecular formula is C20H25NO3. The van der Waals surface area contributed by atoms with E-state index in [1.165, 1.54) is 25.9 Å². The molecule has 3 rings (SSSR count). The maximum Gasteiger partial charge on any atom is 0.119 e. The van der Waals surface area contributed by atoms with E-state index >= 15 is 0 Å². The Labute approximate surface area is 143 Å². The number of hydrogen-bond acceptors (Lipinski definition) is 4. The van der Waals surface area contributed by atoms with Gasteiger partial charge in [0.1, 0.15) is 24.2 Å². The van der Waals surface area contributed by atoms with Crippen LogP contribution in [0.1, 0.15) is 30.1 Å². The average Bonchev–Trinajstić information content (AvgIpc) is 3.15. The van der Waals surface area contributed by atoms with Gasteiger partial charge in [-0.3, -0.25) is 4.90 Å². The van der Waals surface area contributed by atoms with E-state index in [-0.39, 0.29) is 0 Å². The van der Waals surface area contributed by atoms with E-state index in [1.807, 2.05) is 48.5 Å². The smallest absolute Gasteiger partial charge is 0.119 e. The van der Waals surface area contributed by atoms with Gasteiger partial charge in [-0.2, -0.15) is 0 Å². The molecule has 0 saturated carbocycles. The summed E-state index contributed by atoms with van der Waals surface area (Å²) in [6, 6.07) is 15.2. The van der Waals surface area contributed by atoms with E-state index in [1.54, 1.807) is 7.11 Å². The SMILES string of the molecule is COc1cccc(C(O)c2ccc(OCCN3CCCC3)cc2)c1. The molecule has 0 aliphatic carbocycles. The fourth-order valence-electron chi connectivity index (χ4n) is 3.05. The van der Waals surface area contributed by atoms with E-state index in [0.717, 1.165) is 29.2 Å². The highest BCUT2D eigenvalue weighted by molar-refractivity contribution is 5.37. The lowest BCUT2D eigenvalue weighted by molar-refractivity contribution is 0.219. The highest BCUT2D eigenvalue weighted by Crippen LogP contribution is 2.26.